The van der Waals surface area contributed by atoms with Gasteiger partial charge in [-0.3, -0.25) is 0 Å². The predicted octanol–water partition coefficient (Wildman–Crippen LogP) is 2.65. The van der Waals surface area contributed by atoms with E-state index in [0.717, 1.165) is 30.4 Å². The lowest BCUT2D eigenvalue weighted by atomic mass is 9.86. The molecule has 0 heterocycles. The van der Waals surface area contributed by atoms with Crippen LogP contribution in [0.25, 0.3) is 0 Å². The Labute approximate surface area is 128 Å². The number of rotatable bonds is 4. The molecule has 0 aliphatic heterocycles. The largest absolute Gasteiger partial charge is 0.326 e. The standard InChI is InChI=1S/C16H26N2O2S/c1-12-6-4-5-7-15(12)18(3)21(19,20)16-10-14(11-17)9-8-13(16)2/h8-10,12,15H,4-7,11,17H2,1-3H3. The molecule has 118 valence electrons. The van der Waals surface area contributed by atoms with Gasteiger partial charge in [-0.25, -0.2) is 8.42 Å². The summed E-state index contributed by atoms with van der Waals surface area (Å²) in [5.74, 6) is 0.413. The predicted molar refractivity (Wildman–Crippen MR) is 85.4 cm³/mol. The Morgan fingerprint density at radius 2 is 1.95 bits per heavy atom. The smallest absolute Gasteiger partial charge is 0.243 e. The molecule has 21 heavy (non-hydrogen) atoms. The topological polar surface area (TPSA) is 63.4 Å². The van der Waals surface area contributed by atoms with Gasteiger partial charge in [0.1, 0.15) is 0 Å². The van der Waals surface area contributed by atoms with Crippen LogP contribution in [-0.4, -0.2) is 25.8 Å². The summed E-state index contributed by atoms with van der Waals surface area (Å²) in [4.78, 5) is 0.394. The van der Waals surface area contributed by atoms with Gasteiger partial charge < -0.3 is 5.73 Å². The van der Waals surface area contributed by atoms with Gasteiger partial charge in [-0.2, -0.15) is 4.31 Å². The maximum Gasteiger partial charge on any atom is 0.243 e. The van der Waals surface area contributed by atoms with Crippen molar-refractivity contribution < 1.29 is 8.42 Å². The van der Waals surface area contributed by atoms with E-state index in [2.05, 4.69) is 6.92 Å². The zero-order valence-corrected chi connectivity index (χ0v) is 14.0. The summed E-state index contributed by atoms with van der Waals surface area (Å²) < 4.78 is 27.5. The molecule has 0 amide bonds. The van der Waals surface area contributed by atoms with E-state index in [9.17, 15) is 8.42 Å². The van der Waals surface area contributed by atoms with Crippen LogP contribution in [0.15, 0.2) is 23.1 Å². The van der Waals surface area contributed by atoms with Gasteiger partial charge >= 0.3 is 0 Å². The molecule has 2 rings (SSSR count). The molecule has 1 saturated carbocycles. The minimum absolute atomic E-state index is 0.102. The monoisotopic (exact) mass is 310 g/mol. The van der Waals surface area contributed by atoms with E-state index in [1.807, 2.05) is 19.1 Å². The van der Waals surface area contributed by atoms with Crippen molar-refractivity contribution >= 4 is 10.0 Å². The van der Waals surface area contributed by atoms with Gasteiger partial charge in [0, 0.05) is 19.6 Å². The van der Waals surface area contributed by atoms with Crippen LogP contribution in [0.5, 0.6) is 0 Å². The molecular weight excluding hydrogens is 284 g/mol. The molecule has 2 N–H and O–H groups in total. The minimum Gasteiger partial charge on any atom is -0.326 e. The van der Waals surface area contributed by atoms with Crippen molar-refractivity contribution in [1.29, 1.82) is 0 Å². The number of nitrogens with zero attached hydrogens (tertiary/aromatic N) is 1. The van der Waals surface area contributed by atoms with Crippen LogP contribution in [0, 0.1) is 12.8 Å². The second-order valence-corrected chi connectivity index (χ2v) is 8.12. The lowest BCUT2D eigenvalue weighted by Crippen LogP contribution is -2.42. The molecule has 0 bridgehead atoms. The Morgan fingerprint density at radius 3 is 2.57 bits per heavy atom. The molecule has 2 atom stereocenters. The zero-order valence-electron chi connectivity index (χ0n) is 13.2. The van der Waals surface area contributed by atoms with Crippen molar-refractivity contribution in [3.8, 4) is 0 Å². The van der Waals surface area contributed by atoms with Crippen molar-refractivity contribution in [3.63, 3.8) is 0 Å². The van der Waals surface area contributed by atoms with Crippen molar-refractivity contribution in [2.24, 2.45) is 11.7 Å². The van der Waals surface area contributed by atoms with E-state index in [-0.39, 0.29) is 6.04 Å². The van der Waals surface area contributed by atoms with Crippen molar-refractivity contribution in [3.05, 3.63) is 29.3 Å². The van der Waals surface area contributed by atoms with Crippen LogP contribution >= 0.6 is 0 Å². The Morgan fingerprint density at radius 1 is 1.29 bits per heavy atom. The maximum absolute atomic E-state index is 13.0. The lowest BCUT2D eigenvalue weighted by molar-refractivity contribution is 0.213. The molecule has 0 aromatic heterocycles. The van der Waals surface area contributed by atoms with Gasteiger partial charge in [0.15, 0.2) is 0 Å². The molecular formula is C16H26N2O2S. The Hall–Kier alpha value is -0.910. The molecule has 1 aromatic rings. The van der Waals surface area contributed by atoms with Crippen molar-refractivity contribution in [1.82, 2.24) is 4.31 Å². The molecule has 1 aliphatic carbocycles. The first-order chi connectivity index (χ1) is 9.87. The van der Waals surface area contributed by atoms with E-state index in [1.54, 1.807) is 17.4 Å². The fourth-order valence-corrected chi connectivity index (χ4v) is 4.97. The summed E-state index contributed by atoms with van der Waals surface area (Å²) in [5, 5.41) is 0. The van der Waals surface area contributed by atoms with Crippen LogP contribution in [0.1, 0.15) is 43.7 Å². The molecule has 2 unspecified atom stereocenters. The molecule has 4 nitrogen and oxygen atoms in total. The molecule has 5 heteroatoms. The molecule has 1 fully saturated rings. The summed E-state index contributed by atoms with van der Waals surface area (Å²) in [6.07, 6.45) is 4.36. The number of sulfonamides is 1. The van der Waals surface area contributed by atoms with Gasteiger partial charge in [0.05, 0.1) is 4.90 Å². The molecule has 0 radical (unpaired) electrons. The number of hydrogen-bond donors (Lipinski definition) is 1. The third kappa shape index (κ3) is 3.30. The van der Waals surface area contributed by atoms with Crippen LogP contribution in [0.2, 0.25) is 0 Å². The van der Waals surface area contributed by atoms with Gasteiger partial charge in [-0.05, 0) is 42.9 Å². The van der Waals surface area contributed by atoms with E-state index in [1.165, 1.54) is 6.42 Å². The highest BCUT2D eigenvalue weighted by molar-refractivity contribution is 7.89. The SMILES string of the molecule is Cc1ccc(CN)cc1S(=O)(=O)N(C)C1CCCCC1C. The second kappa shape index (κ2) is 6.46. The van der Waals surface area contributed by atoms with Gasteiger partial charge in [-0.1, -0.05) is 31.9 Å². The number of benzene rings is 1. The van der Waals surface area contributed by atoms with Crippen LogP contribution < -0.4 is 5.73 Å². The third-order valence-corrected chi connectivity index (χ3v) is 6.70. The van der Waals surface area contributed by atoms with Crippen LogP contribution in [-0.2, 0) is 16.6 Å². The van der Waals surface area contributed by atoms with Gasteiger partial charge in [0.2, 0.25) is 10.0 Å². The first-order valence-electron chi connectivity index (χ1n) is 7.65. The average Bonchev–Trinajstić information content (AvgIpc) is 2.47. The van der Waals surface area contributed by atoms with Gasteiger partial charge in [0.25, 0.3) is 0 Å². The number of aryl methyl sites for hydroxylation is 1. The molecule has 0 saturated heterocycles. The van der Waals surface area contributed by atoms with E-state index < -0.39 is 10.0 Å². The first-order valence-corrected chi connectivity index (χ1v) is 9.09. The summed E-state index contributed by atoms with van der Waals surface area (Å²) in [5.41, 5.74) is 7.28. The summed E-state index contributed by atoms with van der Waals surface area (Å²) in [6, 6.07) is 5.55. The lowest BCUT2D eigenvalue weighted by Gasteiger charge is -2.35. The molecule has 1 aromatic carbocycles. The Kier molecular flexibility index (Phi) is 5.07. The Balaban J connectivity index is 2.36. The maximum atomic E-state index is 13.0. The molecule has 1 aliphatic rings. The fourth-order valence-electron chi connectivity index (χ4n) is 3.22. The van der Waals surface area contributed by atoms with E-state index >= 15 is 0 Å². The summed E-state index contributed by atoms with van der Waals surface area (Å²) >= 11 is 0. The van der Waals surface area contributed by atoms with E-state index in [0.29, 0.717) is 17.4 Å². The van der Waals surface area contributed by atoms with Crippen LogP contribution in [0.3, 0.4) is 0 Å². The van der Waals surface area contributed by atoms with Gasteiger partial charge in [-0.15, -0.1) is 0 Å². The zero-order chi connectivity index (χ0) is 15.6. The average molecular weight is 310 g/mol. The summed E-state index contributed by atoms with van der Waals surface area (Å²) in [7, 11) is -1.74. The third-order valence-electron chi connectivity index (χ3n) is 4.68. The van der Waals surface area contributed by atoms with E-state index in [4.69, 9.17) is 5.73 Å². The summed E-state index contributed by atoms with van der Waals surface area (Å²) in [6.45, 7) is 4.34. The Bertz CT molecular complexity index is 598. The van der Waals surface area contributed by atoms with Crippen molar-refractivity contribution in [2.45, 2.75) is 57.0 Å². The highest BCUT2D eigenvalue weighted by Crippen LogP contribution is 2.31. The number of nitrogens with two attached hydrogens (primary N) is 1. The highest BCUT2D eigenvalue weighted by atomic mass is 32.2. The quantitative estimate of drug-likeness (QED) is 0.930. The number of hydrogen-bond acceptors (Lipinski definition) is 3. The van der Waals surface area contributed by atoms with Crippen LogP contribution in [0.4, 0.5) is 0 Å². The normalized spacial score (nSPS) is 23.5. The first kappa shape index (κ1) is 16.5. The minimum atomic E-state index is -3.46. The second-order valence-electron chi connectivity index (χ2n) is 6.15. The fraction of sp³-hybridized carbons (Fsp3) is 0.625. The molecule has 0 spiro atoms. The highest BCUT2D eigenvalue weighted by Gasteiger charge is 2.33. The van der Waals surface area contributed by atoms with Crippen molar-refractivity contribution in [2.75, 3.05) is 7.05 Å².